The van der Waals surface area contributed by atoms with Crippen LogP contribution in [0.3, 0.4) is 0 Å². The second kappa shape index (κ2) is 7.52. The molecule has 1 fully saturated rings. The highest BCUT2D eigenvalue weighted by Gasteiger charge is 2.24. The Bertz CT molecular complexity index is 827. The van der Waals surface area contributed by atoms with Crippen LogP contribution in [-0.2, 0) is 4.74 Å². The van der Waals surface area contributed by atoms with Gasteiger partial charge >= 0.3 is 0 Å². The highest BCUT2D eigenvalue weighted by molar-refractivity contribution is 5.94. The topological polar surface area (TPSA) is 91.7 Å². The summed E-state index contributed by atoms with van der Waals surface area (Å²) in [6, 6.07) is 5.03. The molecule has 134 valence electrons. The Morgan fingerprint density at radius 1 is 1.44 bits per heavy atom. The van der Waals surface area contributed by atoms with Gasteiger partial charge in [0.05, 0.1) is 12.6 Å². The lowest BCUT2D eigenvalue weighted by Crippen LogP contribution is -2.43. The molecular weight excluding hydrogens is 326 g/mol. The maximum atomic E-state index is 12.8. The molecule has 1 N–H and O–H groups in total. The van der Waals surface area contributed by atoms with Gasteiger partial charge in [0.1, 0.15) is 24.0 Å². The number of benzene rings is 1. The van der Waals surface area contributed by atoms with E-state index < -0.39 is 11.5 Å². The smallest absolute Gasteiger partial charge is 0.298 e. The van der Waals surface area contributed by atoms with E-state index in [1.54, 1.807) is 25.1 Å². The molecular formula is C17H21N3O5. The monoisotopic (exact) mass is 347 g/mol. The summed E-state index contributed by atoms with van der Waals surface area (Å²) in [5.74, 6) is -0.241. The normalized spacial score (nSPS) is 17.3. The number of carbonyl (C=O) groups is 1. The van der Waals surface area contributed by atoms with Gasteiger partial charge in [-0.1, -0.05) is 6.07 Å². The molecule has 2 aromatic rings. The van der Waals surface area contributed by atoms with Crippen LogP contribution in [0.4, 0.5) is 0 Å². The van der Waals surface area contributed by atoms with E-state index in [4.69, 9.17) is 14.3 Å². The standard InChI is InChI=1S/C17H21N3O5/c1-3-25-20-15(16(21)19-13-9-4-5-10-24-13)18-11-7-6-8-12(23-2)14(11)17(20)22/h6-8,13H,3-5,9-10H2,1-2H3,(H,19,21). The van der Waals surface area contributed by atoms with E-state index >= 15 is 0 Å². The molecule has 8 nitrogen and oxygen atoms in total. The minimum Gasteiger partial charge on any atom is -0.496 e. The first-order chi connectivity index (χ1) is 12.2. The molecule has 0 spiro atoms. The maximum absolute atomic E-state index is 12.8. The van der Waals surface area contributed by atoms with Gasteiger partial charge in [0.15, 0.2) is 0 Å². The van der Waals surface area contributed by atoms with Crippen LogP contribution in [0.1, 0.15) is 36.8 Å². The van der Waals surface area contributed by atoms with Crippen LogP contribution in [-0.4, -0.2) is 42.2 Å². The zero-order valence-electron chi connectivity index (χ0n) is 14.3. The van der Waals surface area contributed by atoms with E-state index in [0.29, 0.717) is 17.9 Å². The number of methoxy groups -OCH3 is 1. The van der Waals surface area contributed by atoms with Gasteiger partial charge in [0.25, 0.3) is 11.5 Å². The fourth-order valence-electron chi connectivity index (χ4n) is 2.81. The van der Waals surface area contributed by atoms with Gasteiger partial charge in [0, 0.05) is 6.61 Å². The number of nitrogens with one attached hydrogen (secondary N) is 1. The number of carbonyl (C=O) groups excluding carboxylic acids is 1. The predicted molar refractivity (Wildman–Crippen MR) is 90.7 cm³/mol. The summed E-state index contributed by atoms with van der Waals surface area (Å²) in [6.45, 7) is 2.54. The summed E-state index contributed by atoms with van der Waals surface area (Å²) in [4.78, 5) is 35.1. The summed E-state index contributed by atoms with van der Waals surface area (Å²) >= 11 is 0. The van der Waals surface area contributed by atoms with Crippen LogP contribution >= 0.6 is 0 Å². The molecule has 0 aliphatic carbocycles. The summed E-state index contributed by atoms with van der Waals surface area (Å²) in [6.07, 6.45) is 2.30. The lowest BCUT2D eigenvalue weighted by molar-refractivity contribution is -0.00395. The largest absolute Gasteiger partial charge is 0.496 e. The predicted octanol–water partition coefficient (Wildman–Crippen LogP) is 1.11. The van der Waals surface area contributed by atoms with Crippen LogP contribution < -0.4 is 20.5 Å². The highest BCUT2D eigenvalue weighted by atomic mass is 16.7. The van der Waals surface area contributed by atoms with E-state index in [-0.39, 0.29) is 24.0 Å². The van der Waals surface area contributed by atoms with Crippen molar-refractivity contribution in [3.8, 4) is 5.75 Å². The van der Waals surface area contributed by atoms with Gasteiger partial charge in [0.2, 0.25) is 5.82 Å². The number of amides is 1. The molecule has 1 amide bonds. The van der Waals surface area contributed by atoms with Gasteiger partial charge < -0.3 is 19.6 Å². The molecule has 1 aromatic carbocycles. The second-order valence-electron chi connectivity index (χ2n) is 5.64. The van der Waals surface area contributed by atoms with Crippen LogP contribution in [0.15, 0.2) is 23.0 Å². The first-order valence-corrected chi connectivity index (χ1v) is 8.31. The van der Waals surface area contributed by atoms with Gasteiger partial charge in [-0.05, 0) is 38.3 Å². The fourth-order valence-corrected chi connectivity index (χ4v) is 2.81. The molecule has 1 aromatic heterocycles. The first-order valence-electron chi connectivity index (χ1n) is 8.31. The summed E-state index contributed by atoms with van der Waals surface area (Å²) in [5, 5.41) is 3.03. The Morgan fingerprint density at radius 3 is 2.96 bits per heavy atom. The molecule has 0 radical (unpaired) electrons. The number of ether oxygens (including phenoxy) is 2. The Kier molecular flexibility index (Phi) is 5.18. The van der Waals surface area contributed by atoms with E-state index in [1.807, 2.05) is 0 Å². The first kappa shape index (κ1) is 17.2. The van der Waals surface area contributed by atoms with E-state index in [9.17, 15) is 9.59 Å². The van der Waals surface area contributed by atoms with E-state index in [0.717, 1.165) is 24.0 Å². The summed E-state index contributed by atoms with van der Waals surface area (Å²) < 4.78 is 11.7. The Labute approximate surface area is 144 Å². The third kappa shape index (κ3) is 3.43. The number of nitrogens with zero attached hydrogens (tertiary/aromatic N) is 2. The SMILES string of the molecule is CCOn1c(C(=O)NC2CCCCO2)nc2cccc(OC)c2c1=O. The third-order valence-corrected chi connectivity index (χ3v) is 3.97. The molecule has 3 rings (SSSR count). The second-order valence-corrected chi connectivity index (χ2v) is 5.64. The zero-order valence-corrected chi connectivity index (χ0v) is 14.3. The lowest BCUT2D eigenvalue weighted by Gasteiger charge is -2.23. The number of hydrogen-bond donors (Lipinski definition) is 1. The van der Waals surface area contributed by atoms with Crippen LogP contribution in [0.25, 0.3) is 10.9 Å². The molecule has 8 heteroatoms. The number of rotatable bonds is 5. The third-order valence-electron chi connectivity index (χ3n) is 3.97. The minimum absolute atomic E-state index is 0.109. The van der Waals surface area contributed by atoms with Crippen LogP contribution in [0.2, 0.25) is 0 Å². The van der Waals surface area contributed by atoms with E-state index in [1.165, 1.54) is 7.11 Å². The van der Waals surface area contributed by atoms with Gasteiger partial charge in [-0.25, -0.2) is 4.98 Å². The van der Waals surface area contributed by atoms with Gasteiger partial charge in [-0.2, -0.15) is 0 Å². The molecule has 25 heavy (non-hydrogen) atoms. The molecule has 2 heterocycles. The van der Waals surface area contributed by atoms with Crippen LogP contribution in [0, 0.1) is 0 Å². The molecule has 0 saturated carbocycles. The number of aromatic nitrogens is 2. The quantitative estimate of drug-likeness (QED) is 0.871. The molecule has 0 bridgehead atoms. The maximum Gasteiger partial charge on any atom is 0.298 e. The van der Waals surface area contributed by atoms with Crippen molar-refractivity contribution >= 4 is 16.8 Å². The molecule has 1 saturated heterocycles. The zero-order chi connectivity index (χ0) is 17.8. The molecule has 1 aliphatic rings. The summed E-state index contributed by atoms with van der Waals surface area (Å²) in [7, 11) is 1.47. The van der Waals surface area contributed by atoms with Crippen molar-refractivity contribution in [2.45, 2.75) is 32.4 Å². The summed E-state index contributed by atoms with van der Waals surface area (Å²) in [5.41, 5.74) is -0.117. The molecule has 1 aliphatic heterocycles. The lowest BCUT2D eigenvalue weighted by atomic mass is 10.2. The average Bonchev–Trinajstić information content (AvgIpc) is 2.64. The average molecular weight is 347 g/mol. The Hall–Kier alpha value is -2.61. The number of hydrogen-bond acceptors (Lipinski definition) is 6. The minimum atomic E-state index is -0.512. The highest BCUT2D eigenvalue weighted by Crippen LogP contribution is 2.21. The molecule has 1 atom stereocenters. The Morgan fingerprint density at radius 2 is 2.28 bits per heavy atom. The molecule has 1 unspecified atom stereocenters. The van der Waals surface area contributed by atoms with Crippen molar-refractivity contribution in [2.75, 3.05) is 20.3 Å². The van der Waals surface area contributed by atoms with Crippen molar-refractivity contribution in [3.05, 3.63) is 34.4 Å². The van der Waals surface area contributed by atoms with E-state index in [2.05, 4.69) is 10.3 Å². The van der Waals surface area contributed by atoms with Crippen molar-refractivity contribution < 1.29 is 19.1 Å². The van der Waals surface area contributed by atoms with Crippen molar-refractivity contribution in [1.82, 2.24) is 15.0 Å². The van der Waals surface area contributed by atoms with Crippen LogP contribution in [0.5, 0.6) is 5.75 Å². The van der Waals surface area contributed by atoms with Crippen molar-refractivity contribution in [3.63, 3.8) is 0 Å². The Balaban J connectivity index is 2.05. The van der Waals surface area contributed by atoms with Crippen molar-refractivity contribution in [2.24, 2.45) is 0 Å². The number of fused-ring (bicyclic) bond motifs is 1. The van der Waals surface area contributed by atoms with Crippen molar-refractivity contribution in [1.29, 1.82) is 0 Å². The van der Waals surface area contributed by atoms with Gasteiger partial charge in [-0.15, -0.1) is 4.73 Å². The fraction of sp³-hybridized carbons (Fsp3) is 0.471. The van der Waals surface area contributed by atoms with Gasteiger partial charge in [-0.3, -0.25) is 9.59 Å².